The van der Waals surface area contributed by atoms with Crippen molar-refractivity contribution in [3.05, 3.63) is 83.3 Å². The molecule has 4 aromatic rings. The van der Waals surface area contributed by atoms with Gasteiger partial charge >= 0.3 is 11.7 Å². The second kappa shape index (κ2) is 9.67. The lowest BCUT2D eigenvalue weighted by Crippen LogP contribution is -2.26. The lowest BCUT2D eigenvalue weighted by molar-refractivity contribution is -0.134. The number of esters is 1. The first-order valence-corrected chi connectivity index (χ1v) is 12.2. The molecule has 35 heavy (non-hydrogen) atoms. The predicted molar refractivity (Wildman–Crippen MR) is 132 cm³/mol. The number of aromatic nitrogens is 2. The highest BCUT2D eigenvalue weighted by atomic mass is 32.2. The van der Waals surface area contributed by atoms with Crippen LogP contribution in [-0.2, 0) is 28.4 Å². The monoisotopic (exact) mass is 495 g/mol. The van der Waals surface area contributed by atoms with Crippen molar-refractivity contribution in [1.29, 1.82) is 0 Å². The molecule has 0 unspecified atom stereocenters. The molecule has 0 spiro atoms. The molecule has 0 fully saturated rings. The summed E-state index contributed by atoms with van der Waals surface area (Å²) in [6, 6.07) is 19.6. The van der Waals surface area contributed by atoms with Crippen LogP contribution in [0.1, 0.15) is 6.42 Å². The molecule has 1 heterocycles. The Kier molecular flexibility index (Phi) is 6.65. The van der Waals surface area contributed by atoms with Gasteiger partial charge in [0.05, 0.1) is 35.1 Å². The van der Waals surface area contributed by atoms with Gasteiger partial charge in [0.1, 0.15) is 11.5 Å². The van der Waals surface area contributed by atoms with Crippen LogP contribution in [0.3, 0.4) is 0 Å². The molecule has 0 bridgehead atoms. The van der Waals surface area contributed by atoms with Crippen molar-refractivity contribution < 1.29 is 22.7 Å². The van der Waals surface area contributed by atoms with E-state index in [-0.39, 0.29) is 29.3 Å². The van der Waals surface area contributed by atoms with Gasteiger partial charge in [-0.25, -0.2) is 13.2 Å². The Morgan fingerprint density at radius 1 is 0.914 bits per heavy atom. The molecule has 3 aromatic carbocycles. The molecule has 0 amide bonds. The van der Waals surface area contributed by atoms with Gasteiger partial charge in [-0.05, 0) is 60.7 Å². The fraction of sp³-hybridized carbons (Fsp3) is 0.200. The van der Waals surface area contributed by atoms with Gasteiger partial charge in [-0.1, -0.05) is 12.1 Å². The summed E-state index contributed by atoms with van der Waals surface area (Å²) in [4.78, 5) is 25.0. The maximum Gasteiger partial charge on any atom is 0.328 e. The highest BCUT2D eigenvalue weighted by molar-refractivity contribution is 7.92. The second-order valence-corrected chi connectivity index (χ2v) is 9.82. The summed E-state index contributed by atoms with van der Waals surface area (Å²) in [6.45, 7) is 0.181. The molecule has 0 aliphatic carbocycles. The van der Waals surface area contributed by atoms with E-state index < -0.39 is 16.0 Å². The molecule has 0 aliphatic heterocycles. The molecule has 0 radical (unpaired) electrons. The maximum absolute atomic E-state index is 12.9. The number of imidazole rings is 1. The van der Waals surface area contributed by atoms with Crippen molar-refractivity contribution in [3.8, 4) is 11.5 Å². The van der Waals surface area contributed by atoms with E-state index in [9.17, 15) is 18.0 Å². The van der Waals surface area contributed by atoms with E-state index in [4.69, 9.17) is 9.47 Å². The zero-order chi connectivity index (χ0) is 25.2. The number of ether oxygens (including phenoxy) is 2. The molecule has 182 valence electrons. The molecule has 0 atom stereocenters. The maximum atomic E-state index is 12.9. The summed E-state index contributed by atoms with van der Waals surface area (Å²) >= 11 is 0. The van der Waals surface area contributed by atoms with Crippen molar-refractivity contribution in [1.82, 2.24) is 9.13 Å². The average Bonchev–Trinajstić information content (AvgIpc) is 3.12. The molecular weight excluding hydrogens is 470 g/mol. The van der Waals surface area contributed by atoms with Crippen LogP contribution >= 0.6 is 0 Å². The van der Waals surface area contributed by atoms with Crippen molar-refractivity contribution in [2.24, 2.45) is 7.05 Å². The average molecular weight is 496 g/mol. The number of carbonyl (C=O) groups is 1. The Morgan fingerprint density at radius 3 is 2.14 bits per heavy atom. The summed E-state index contributed by atoms with van der Waals surface area (Å²) in [5, 5.41) is 0. The van der Waals surface area contributed by atoms with Crippen molar-refractivity contribution in [3.63, 3.8) is 0 Å². The van der Waals surface area contributed by atoms with Crippen molar-refractivity contribution >= 4 is 32.7 Å². The highest BCUT2D eigenvalue weighted by Gasteiger charge is 2.21. The van der Waals surface area contributed by atoms with Crippen LogP contribution in [0.25, 0.3) is 11.0 Å². The first-order valence-electron chi connectivity index (χ1n) is 10.8. The van der Waals surface area contributed by atoms with Crippen LogP contribution < -0.4 is 19.5 Å². The number of fused-ring (bicyclic) bond motifs is 1. The van der Waals surface area contributed by atoms with Crippen LogP contribution in [0.15, 0.2) is 82.5 Å². The molecule has 0 saturated heterocycles. The van der Waals surface area contributed by atoms with Gasteiger partial charge in [0.2, 0.25) is 0 Å². The van der Waals surface area contributed by atoms with E-state index in [0.717, 1.165) is 15.3 Å². The Hall–Kier alpha value is -4.05. The third kappa shape index (κ3) is 4.78. The lowest BCUT2D eigenvalue weighted by atomic mass is 10.3. The van der Waals surface area contributed by atoms with Gasteiger partial charge in [-0.15, -0.1) is 0 Å². The largest absolute Gasteiger partial charge is 0.497 e. The fourth-order valence-electron chi connectivity index (χ4n) is 3.73. The minimum absolute atomic E-state index is 0.00141. The van der Waals surface area contributed by atoms with Gasteiger partial charge in [0, 0.05) is 20.6 Å². The van der Waals surface area contributed by atoms with Gasteiger partial charge in [-0.3, -0.25) is 18.2 Å². The van der Waals surface area contributed by atoms with Crippen LogP contribution in [0.2, 0.25) is 0 Å². The fourth-order valence-corrected chi connectivity index (χ4v) is 4.93. The Bertz CT molecular complexity index is 1520. The molecule has 0 saturated carbocycles. The first-order chi connectivity index (χ1) is 16.7. The SMILES string of the molecule is COc1ccc(S(=O)(=O)N(C)c2ccc(OC(=O)CCn3c(=O)n(C)c4ccccc43)cc2)cc1. The number of sulfonamides is 1. The van der Waals surface area contributed by atoms with E-state index in [0.29, 0.717) is 11.4 Å². The summed E-state index contributed by atoms with van der Waals surface area (Å²) in [5.41, 5.74) is 1.74. The third-order valence-electron chi connectivity index (χ3n) is 5.74. The lowest BCUT2D eigenvalue weighted by Gasteiger charge is -2.20. The van der Waals surface area contributed by atoms with Gasteiger partial charge in [0.25, 0.3) is 10.0 Å². The van der Waals surface area contributed by atoms with E-state index in [2.05, 4.69) is 0 Å². The molecular formula is C25H25N3O6S. The zero-order valence-electron chi connectivity index (χ0n) is 19.5. The minimum atomic E-state index is -3.78. The zero-order valence-corrected chi connectivity index (χ0v) is 20.4. The molecule has 4 rings (SSSR count). The van der Waals surface area contributed by atoms with Crippen LogP contribution in [-0.4, -0.2) is 37.7 Å². The number of carbonyl (C=O) groups excluding carboxylic acids is 1. The van der Waals surface area contributed by atoms with E-state index in [1.54, 1.807) is 35.9 Å². The van der Waals surface area contributed by atoms with Crippen LogP contribution in [0.5, 0.6) is 11.5 Å². The predicted octanol–water partition coefficient (Wildman–Crippen LogP) is 3.17. The molecule has 1 aromatic heterocycles. The highest BCUT2D eigenvalue weighted by Crippen LogP contribution is 2.25. The summed E-state index contributed by atoms with van der Waals surface area (Å²) in [7, 11) is 0.865. The standard InChI is InChI=1S/C25H25N3O6S/c1-26-22-6-4-5-7-23(22)28(25(26)30)17-16-24(29)34-20-10-8-18(9-11-20)27(2)35(31,32)21-14-12-19(33-3)13-15-21/h4-15H,16-17H2,1-3H3. The number of aryl methyl sites for hydroxylation is 2. The van der Waals surface area contributed by atoms with Crippen molar-refractivity contribution in [2.75, 3.05) is 18.5 Å². The number of rotatable bonds is 8. The topological polar surface area (TPSA) is 99.8 Å². The van der Waals surface area contributed by atoms with Gasteiger partial charge in [0.15, 0.2) is 0 Å². The molecule has 9 nitrogen and oxygen atoms in total. The number of methoxy groups -OCH3 is 1. The number of anilines is 1. The molecule has 10 heteroatoms. The van der Waals surface area contributed by atoms with Gasteiger partial charge in [-0.2, -0.15) is 0 Å². The van der Waals surface area contributed by atoms with E-state index in [1.807, 2.05) is 24.3 Å². The third-order valence-corrected chi connectivity index (χ3v) is 7.54. The summed E-state index contributed by atoms with van der Waals surface area (Å²) < 4.78 is 40.5. The van der Waals surface area contributed by atoms with Gasteiger partial charge < -0.3 is 9.47 Å². The summed E-state index contributed by atoms with van der Waals surface area (Å²) in [5.74, 6) is 0.333. The Labute approximate surface area is 202 Å². The quantitative estimate of drug-likeness (QED) is 0.275. The molecule has 0 aliphatic rings. The van der Waals surface area contributed by atoms with E-state index in [1.165, 1.54) is 43.0 Å². The first kappa shape index (κ1) is 24.1. The summed E-state index contributed by atoms with van der Waals surface area (Å²) in [6.07, 6.45) is 0.00141. The normalized spacial score (nSPS) is 11.4. The Balaban J connectivity index is 1.41. The minimum Gasteiger partial charge on any atom is -0.497 e. The molecule has 0 N–H and O–H groups in total. The number of nitrogens with zero attached hydrogens (tertiary/aromatic N) is 3. The Morgan fingerprint density at radius 2 is 1.51 bits per heavy atom. The number of benzene rings is 3. The number of hydrogen-bond donors (Lipinski definition) is 0. The smallest absolute Gasteiger partial charge is 0.328 e. The van der Waals surface area contributed by atoms with Crippen LogP contribution in [0.4, 0.5) is 5.69 Å². The van der Waals surface area contributed by atoms with Crippen LogP contribution in [0, 0.1) is 0 Å². The number of hydrogen-bond acceptors (Lipinski definition) is 6. The van der Waals surface area contributed by atoms with E-state index >= 15 is 0 Å². The second-order valence-electron chi connectivity index (χ2n) is 7.85. The number of para-hydroxylation sites is 2. The van der Waals surface area contributed by atoms with Crippen molar-refractivity contribution in [2.45, 2.75) is 17.9 Å².